The van der Waals surface area contributed by atoms with Crippen LogP contribution in [0.25, 0.3) is 10.6 Å². The summed E-state index contributed by atoms with van der Waals surface area (Å²) in [7, 11) is 0. The van der Waals surface area contributed by atoms with Crippen LogP contribution in [0, 0.1) is 5.82 Å². The fourth-order valence-corrected chi connectivity index (χ4v) is 3.44. The summed E-state index contributed by atoms with van der Waals surface area (Å²) in [5, 5.41) is 6.41. The van der Waals surface area contributed by atoms with E-state index in [9.17, 15) is 9.18 Å². The van der Waals surface area contributed by atoms with E-state index in [0.29, 0.717) is 17.8 Å². The van der Waals surface area contributed by atoms with E-state index in [0.717, 1.165) is 21.2 Å². The molecular formula is C15H10BrFN2OS. The van der Waals surface area contributed by atoms with E-state index in [1.807, 2.05) is 11.4 Å². The number of aldehydes is 1. The number of benzene rings is 1. The summed E-state index contributed by atoms with van der Waals surface area (Å²) >= 11 is 4.92. The fourth-order valence-electron chi connectivity index (χ4n) is 2.01. The summed E-state index contributed by atoms with van der Waals surface area (Å²) in [5.41, 5.74) is 2.14. The number of carbonyl (C=O) groups is 1. The number of nitrogens with zero attached hydrogens (tertiary/aromatic N) is 2. The summed E-state index contributed by atoms with van der Waals surface area (Å²) in [5.74, 6) is -0.267. The van der Waals surface area contributed by atoms with Crippen LogP contribution in [0.3, 0.4) is 0 Å². The third-order valence-electron chi connectivity index (χ3n) is 2.98. The molecule has 0 aliphatic heterocycles. The Hall–Kier alpha value is -1.79. The SMILES string of the molecule is O=Cc1cn(Cc2ccc(F)cc2)nc1-c1cc(Br)cs1. The molecule has 106 valence electrons. The molecule has 21 heavy (non-hydrogen) atoms. The highest BCUT2D eigenvalue weighted by atomic mass is 79.9. The van der Waals surface area contributed by atoms with E-state index in [4.69, 9.17) is 0 Å². The summed E-state index contributed by atoms with van der Waals surface area (Å²) in [6.45, 7) is 0.494. The molecule has 1 aromatic carbocycles. The Balaban J connectivity index is 1.92. The van der Waals surface area contributed by atoms with Crippen molar-refractivity contribution in [2.45, 2.75) is 6.54 Å². The number of hydrogen-bond donors (Lipinski definition) is 0. The second kappa shape index (κ2) is 5.91. The van der Waals surface area contributed by atoms with Crippen LogP contribution in [-0.2, 0) is 6.54 Å². The van der Waals surface area contributed by atoms with E-state index in [1.54, 1.807) is 23.0 Å². The predicted octanol–water partition coefficient (Wildman–Crippen LogP) is 4.37. The van der Waals surface area contributed by atoms with Crippen LogP contribution in [0.4, 0.5) is 4.39 Å². The van der Waals surface area contributed by atoms with Gasteiger partial charge >= 0.3 is 0 Å². The molecular weight excluding hydrogens is 355 g/mol. The smallest absolute Gasteiger partial charge is 0.153 e. The highest BCUT2D eigenvalue weighted by molar-refractivity contribution is 9.10. The van der Waals surface area contributed by atoms with Gasteiger partial charge in [-0.3, -0.25) is 9.48 Å². The molecule has 0 fully saturated rings. The molecule has 2 heterocycles. The molecule has 3 rings (SSSR count). The van der Waals surface area contributed by atoms with Crippen LogP contribution in [0.2, 0.25) is 0 Å². The Morgan fingerprint density at radius 1 is 1.33 bits per heavy atom. The molecule has 0 aliphatic carbocycles. The van der Waals surface area contributed by atoms with Crippen molar-refractivity contribution >= 4 is 33.6 Å². The van der Waals surface area contributed by atoms with Gasteiger partial charge in [0.25, 0.3) is 0 Å². The van der Waals surface area contributed by atoms with E-state index < -0.39 is 0 Å². The quantitative estimate of drug-likeness (QED) is 0.644. The second-order valence-corrected chi connectivity index (χ2v) is 6.33. The number of rotatable bonds is 4. The van der Waals surface area contributed by atoms with E-state index in [1.165, 1.54) is 23.5 Å². The van der Waals surface area contributed by atoms with Gasteiger partial charge in [-0.1, -0.05) is 12.1 Å². The normalized spacial score (nSPS) is 10.8. The molecule has 0 radical (unpaired) electrons. The molecule has 2 aromatic heterocycles. The maximum Gasteiger partial charge on any atom is 0.153 e. The van der Waals surface area contributed by atoms with Crippen LogP contribution >= 0.6 is 27.3 Å². The third kappa shape index (κ3) is 3.11. The van der Waals surface area contributed by atoms with Crippen molar-refractivity contribution in [3.05, 3.63) is 63.3 Å². The first-order valence-corrected chi connectivity index (χ1v) is 7.84. The van der Waals surface area contributed by atoms with Crippen LogP contribution in [0.5, 0.6) is 0 Å². The Kier molecular flexibility index (Phi) is 3.98. The van der Waals surface area contributed by atoms with Crippen molar-refractivity contribution in [1.82, 2.24) is 9.78 Å². The number of aromatic nitrogens is 2. The van der Waals surface area contributed by atoms with Crippen LogP contribution in [0.15, 0.2) is 46.4 Å². The topological polar surface area (TPSA) is 34.9 Å². The van der Waals surface area contributed by atoms with Crippen molar-refractivity contribution in [3.8, 4) is 10.6 Å². The van der Waals surface area contributed by atoms with Crippen molar-refractivity contribution in [3.63, 3.8) is 0 Å². The molecule has 3 aromatic rings. The third-order valence-corrected chi connectivity index (χ3v) is 4.67. The molecule has 0 bridgehead atoms. The Morgan fingerprint density at radius 3 is 2.71 bits per heavy atom. The number of halogens is 2. The van der Waals surface area contributed by atoms with Crippen LogP contribution in [0.1, 0.15) is 15.9 Å². The van der Waals surface area contributed by atoms with Crippen molar-refractivity contribution in [1.29, 1.82) is 0 Å². The lowest BCUT2D eigenvalue weighted by molar-refractivity contribution is 0.112. The molecule has 0 N–H and O–H groups in total. The van der Waals surface area contributed by atoms with Gasteiger partial charge < -0.3 is 0 Å². The van der Waals surface area contributed by atoms with Gasteiger partial charge in [-0.2, -0.15) is 5.10 Å². The van der Waals surface area contributed by atoms with E-state index >= 15 is 0 Å². The monoisotopic (exact) mass is 364 g/mol. The van der Waals surface area contributed by atoms with Gasteiger partial charge in [0.15, 0.2) is 6.29 Å². The molecule has 0 saturated heterocycles. The van der Waals surface area contributed by atoms with Gasteiger partial charge in [-0.15, -0.1) is 11.3 Å². The lowest BCUT2D eigenvalue weighted by Crippen LogP contribution is -2.00. The Bertz CT molecular complexity index is 779. The first kappa shape index (κ1) is 14.2. The van der Waals surface area contributed by atoms with Gasteiger partial charge in [0, 0.05) is 16.0 Å². The molecule has 3 nitrogen and oxygen atoms in total. The number of carbonyl (C=O) groups excluding carboxylic acids is 1. The average molecular weight is 365 g/mol. The minimum Gasteiger partial charge on any atom is -0.298 e. The molecule has 0 saturated carbocycles. The zero-order chi connectivity index (χ0) is 14.8. The standard InChI is InChI=1S/C15H10BrFN2OS/c16-12-5-14(21-9-12)15-11(8-20)7-19(18-15)6-10-1-3-13(17)4-2-10/h1-5,7-9H,6H2. The van der Waals surface area contributed by atoms with Crippen LogP contribution in [-0.4, -0.2) is 16.1 Å². The fraction of sp³-hybridized carbons (Fsp3) is 0.0667. The highest BCUT2D eigenvalue weighted by Gasteiger charge is 2.12. The van der Waals surface area contributed by atoms with Crippen molar-refractivity contribution in [2.75, 3.05) is 0 Å². The predicted molar refractivity (Wildman–Crippen MR) is 84.1 cm³/mol. The molecule has 0 aliphatic rings. The summed E-state index contributed by atoms with van der Waals surface area (Å²) in [4.78, 5) is 12.1. The minimum absolute atomic E-state index is 0.267. The summed E-state index contributed by atoms with van der Waals surface area (Å²) in [6.07, 6.45) is 2.51. The number of hydrogen-bond acceptors (Lipinski definition) is 3. The maximum atomic E-state index is 12.9. The van der Waals surface area contributed by atoms with Crippen molar-refractivity contribution < 1.29 is 9.18 Å². The molecule has 0 atom stereocenters. The second-order valence-electron chi connectivity index (χ2n) is 4.50. The van der Waals surface area contributed by atoms with Gasteiger partial charge in [0.05, 0.1) is 17.0 Å². The van der Waals surface area contributed by atoms with E-state index in [2.05, 4.69) is 21.0 Å². The molecule has 0 amide bonds. The zero-order valence-electron chi connectivity index (χ0n) is 10.8. The Morgan fingerprint density at radius 2 is 2.10 bits per heavy atom. The minimum atomic E-state index is -0.267. The molecule has 0 spiro atoms. The first-order chi connectivity index (χ1) is 10.2. The highest BCUT2D eigenvalue weighted by Crippen LogP contribution is 2.30. The van der Waals surface area contributed by atoms with Gasteiger partial charge in [0.1, 0.15) is 11.5 Å². The zero-order valence-corrected chi connectivity index (χ0v) is 13.2. The van der Waals surface area contributed by atoms with Crippen molar-refractivity contribution in [2.24, 2.45) is 0 Å². The van der Waals surface area contributed by atoms with E-state index in [-0.39, 0.29) is 5.82 Å². The Labute approximate surface area is 133 Å². The first-order valence-electron chi connectivity index (χ1n) is 6.17. The molecule has 6 heteroatoms. The van der Waals surface area contributed by atoms with Crippen LogP contribution < -0.4 is 0 Å². The maximum absolute atomic E-state index is 12.9. The van der Waals surface area contributed by atoms with Gasteiger partial charge in [0.2, 0.25) is 0 Å². The van der Waals surface area contributed by atoms with Gasteiger partial charge in [-0.25, -0.2) is 4.39 Å². The lowest BCUT2D eigenvalue weighted by atomic mass is 10.2. The lowest BCUT2D eigenvalue weighted by Gasteiger charge is -2.01. The number of thiophene rings is 1. The van der Waals surface area contributed by atoms with Gasteiger partial charge in [-0.05, 0) is 39.7 Å². The molecule has 0 unspecified atom stereocenters. The average Bonchev–Trinajstić information content (AvgIpc) is 3.07. The summed E-state index contributed by atoms with van der Waals surface area (Å²) < 4.78 is 15.6. The largest absolute Gasteiger partial charge is 0.298 e. The summed E-state index contributed by atoms with van der Waals surface area (Å²) in [6, 6.07) is 8.17.